The zero-order valence-corrected chi connectivity index (χ0v) is 10.4. The molecule has 0 unspecified atom stereocenters. The van der Waals surface area contributed by atoms with E-state index in [0.717, 1.165) is 35.1 Å². The summed E-state index contributed by atoms with van der Waals surface area (Å²) in [6, 6.07) is 6.50. The maximum atomic E-state index is 12.7. The highest BCUT2D eigenvalue weighted by Crippen LogP contribution is 2.19. The minimum Gasteiger partial charge on any atom is -0.262 e. The van der Waals surface area contributed by atoms with Crippen molar-refractivity contribution in [1.29, 1.82) is 0 Å². The molecule has 90 valence electrons. The minimum atomic E-state index is -0.207. The highest BCUT2D eigenvalue weighted by atomic mass is 32.2. The SMILES string of the molecule is CCCc1nc(SCc2ccc(F)cc2)n[nH]1. The van der Waals surface area contributed by atoms with E-state index in [1.165, 1.54) is 12.1 Å². The van der Waals surface area contributed by atoms with Crippen molar-refractivity contribution >= 4 is 11.8 Å². The van der Waals surface area contributed by atoms with Crippen molar-refractivity contribution in [3.63, 3.8) is 0 Å². The van der Waals surface area contributed by atoms with Gasteiger partial charge in [0.05, 0.1) is 0 Å². The van der Waals surface area contributed by atoms with Gasteiger partial charge in [0.1, 0.15) is 11.6 Å². The zero-order chi connectivity index (χ0) is 12.1. The molecule has 1 heterocycles. The molecule has 0 saturated heterocycles. The van der Waals surface area contributed by atoms with Crippen LogP contribution in [-0.2, 0) is 12.2 Å². The predicted octanol–water partition coefficient (Wildman–Crippen LogP) is 3.19. The Morgan fingerprint density at radius 1 is 1.29 bits per heavy atom. The Bertz CT molecular complexity index is 467. The second-order valence-electron chi connectivity index (χ2n) is 3.73. The van der Waals surface area contributed by atoms with Gasteiger partial charge in [-0.3, -0.25) is 5.10 Å². The summed E-state index contributed by atoms with van der Waals surface area (Å²) in [7, 11) is 0. The Labute approximate surface area is 104 Å². The second kappa shape index (κ2) is 5.82. The van der Waals surface area contributed by atoms with Gasteiger partial charge < -0.3 is 0 Å². The van der Waals surface area contributed by atoms with Gasteiger partial charge in [-0.25, -0.2) is 9.37 Å². The molecule has 0 fully saturated rings. The maximum Gasteiger partial charge on any atom is 0.208 e. The van der Waals surface area contributed by atoms with Crippen LogP contribution in [0.1, 0.15) is 24.7 Å². The van der Waals surface area contributed by atoms with E-state index < -0.39 is 0 Å². The lowest BCUT2D eigenvalue weighted by Crippen LogP contribution is -1.85. The van der Waals surface area contributed by atoms with Crippen LogP contribution < -0.4 is 0 Å². The van der Waals surface area contributed by atoms with Crippen molar-refractivity contribution in [2.24, 2.45) is 0 Å². The fraction of sp³-hybridized carbons (Fsp3) is 0.333. The van der Waals surface area contributed by atoms with Crippen molar-refractivity contribution in [3.05, 3.63) is 41.5 Å². The summed E-state index contributed by atoms with van der Waals surface area (Å²) in [5, 5.41) is 7.78. The summed E-state index contributed by atoms with van der Waals surface area (Å²) in [6.45, 7) is 2.11. The Morgan fingerprint density at radius 3 is 2.76 bits per heavy atom. The first-order chi connectivity index (χ1) is 8.28. The standard InChI is InChI=1S/C12H14FN3S/c1-2-3-11-14-12(16-15-11)17-8-9-4-6-10(13)7-5-9/h4-7H,2-3,8H2,1H3,(H,14,15,16). The number of hydrogen-bond donors (Lipinski definition) is 1. The number of thioether (sulfide) groups is 1. The van der Waals surface area contributed by atoms with Gasteiger partial charge in [0.2, 0.25) is 5.16 Å². The average Bonchev–Trinajstić information content (AvgIpc) is 2.77. The molecule has 2 rings (SSSR count). The van der Waals surface area contributed by atoms with Crippen LogP contribution in [0.15, 0.2) is 29.4 Å². The first-order valence-electron chi connectivity index (χ1n) is 5.56. The molecule has 0 atom stereocenters. The molecule has 2 aromatic rings. The van der Waals surface area contributed by atoms with Gasteiger partial charge in [0.15, 0.2) is 0 Å². The van der Waals surface area contributed by atoms with Crippen LogP contribution in [-0.4, -0.2) is 15.2 Å². The fourth-order valence-corrected chi connectivity index (χ4v) is 2.19. The molecule has 0 aliphatic carbocycles. The molecule has 0 aliphatic rings. The van der Waals surface area contributed by atoms with Crippen LogP contribution in [0, 0.1) is 5.82 Å². The summed E-state index contributed by atoms with van der Waals surface area (Å²) >= 11 is 1.55. The van der Waals surface area contributed by atoms with Crippen molar-refractivity contribution in [1.82, 2.24) is 15.2 Å². The fourth-order valence-electron chi connectivity index (χ4n) is 1.42. The van der Waals surface area contributed by atoms with Crippen molar-refractivity contribution in [2.75, 3.05) is 0 Å². The lowest BCUT2D eigenvalue weighted by Gasteiger charge is -1.97. The number of benzene rings is 1. The number of hydrogen-bond acceptors (Lipinski definition) is 3. The Morgan fingerprint density at radius 2 is 2.06 bits per heavy atom. The molecular weight excluding hydrogens is 237 g/mol. The molecule has 0 spiro atoms. The largest absolute Gasteiger partial charge is 0.262 e. The Hall–Kier alpha value is -1.36. The first kappa shape index (κ1) is 12.1. The monoisotopic (exact) mass is 251 g/mol. The Kier molecular flexibility index (Phi) is 4.14. The minimum absolute atomic E-state index is 0.207. The molecule has 0 saturated carbocycles. The highest BCUT2D eigenvalue weighted by molar-refractivity contribution is 7.98. The lowest BCUT2D eigenvalue weighted by atomic mass is 10.2. The lowest BCUT2D eigenvalue weighted by molar-refractivity contribution is 0.627. The molecule has 1 aromatic carbocycles. The summed E-state index contributed by atoms with van der Waals surface area (Å²) in [5.74, 6) is 1.47. The summed E-state index contributed by atoms with van der Waals surface area (Å²) < 4.78 is 12.7. The van der Waals surface area contributed by atoms with E-state index in [9.17, 15) is 4.39 Å². The van der Waals surface area contributed by atoms with E-state index >= 15 is 0 Å². The molecule has 0 amide bonds. The molecule has 5 heteroatoms. The normalized spacial score (nSPS) is 10.7. The third-order valence-electron chi connectivity index (χ3n) is 2.28. The van der Waals surface area contributed by atoms with Gasteiger partial charge in [-0.05, 0) is 24.1 Å². The van der Waals surface area contributed by atoms with Crippen LogP contribution in [0.2, 0.25) is 0 Å². The second-order valence-corrected chi connectivity index (χ2v) is 4.67. The molecule has 0 radical (unpaired) electrons. The van der Waals surface area contributed by atoms with E-state index in [0.29, 0.717) is 0 Å². The topological polar surface area (TPSA) is 41.6 Å². The van der Waals surface area contributed by atoms with Crippen molar-refractivity contribution in [3.8, 4) is 0 Å². The van der Waals surface area contributed by atoms with E-state index in [-0.39, 0.29) is 5.82 Å². The van der Waals surface area contributed by atoms with Gasteiger partial charge in [0, 0.05) is 12.2 Å². The number of halogens is 1. The molecule has 0 bridgehead atoms. The third kappa shape index (κ3) is 3.56. The number of aryl methyl sites for hydroxylation is 1. The summed E-state index contributed by atoms with van der Waals surface area (Å²) in [4.78, 5) is 4.35. The first-order valence-corrected chi connectivity index (χ1v) is 6.55. The number of aromatic nitrogens is 3. The number of aromatic amines is 1. The van der Waals surface area contributed by atoms with E-state index in [4.69, 9.17) is 0 Å². The van der Waals surface area contributed by atoms with Gasteiger partial charge in [-0.15, -0.1) is 5.10 Å². The molecule has 1 N–H and O–H groups in total. The van der Waals surface area contributed by atoms with Crippen molar-refractivity contribution in [2.45, 2.75) is 30.7 Å². The average molecular weight is 251 g/mol. The van der Waals surface area contributed by atoms with Gasteiger partial charge in [-0.2, -0.15) is 0 Å². The van der Waals surface area contributed by atoms with Crippen LogP contribution in [0.3, 0.4) is 0 Å². The van der Waals surface area contributed by atoms with Gasteiger partial charge in [0.25, 0.3) is 0 Å². The number of rotatable bonds is 5. The van der Waals surface area contributed by atoms with E-state index in [1.54, 1.807) is 23.9 Å². The quantitative estimate of drug-likeness (QED) is 0.830. The van der Waals surface area contributed by atoms with Crippen LogP contribution in [0.25, 0.3) is 0 Å². The van der Waals surface area contributed by atoms with Crippen LogP contribution in [0.4, 0.5) is 4.39 Å². The molecule has 1 aromatic heterocycles. The van der Waals surface area contributed by atoms with E-state index in [1.807, 2.05) is 0 Å². The molecule has 3 nitrogen and oxygen atoms in total. The molecule has 17 heavy (non-hydrogen) atoms. The maximum absolute atomic E-state index is 12.7. The smallest absolute Gasteiger partial charge is 0.208 e. The predicted molar refractivity (Wildman–Crippen MR) is 66.3 cm³/mol. The van der Waals surface area contributed by atoms with Crippen LogP contribution >= 0.6 is 11.8 Å². The summed E-state index contributed by atoms with van der Waals surface area (Å²) in [5.41, 5.74) is 1.07. The number of nitrogens with zero attached hydrogens (tertiary/aromatic N) is 2. The van der Waals surface area contributed by atoms with E-state index in [2.05, 4.69) is 22.1 Å². The Balaban J connectivity index is 1.90. The summed E-state index contributed by atoms with van der Waals surface area (Å²) in [6.07, 6.45) is 1.97. The van der Waals surface area contributed by atoms with Crippen LogP contribution in [0.5, 0.6) is 0 Å². The molecular formula is C12H14FN3S. The van der Waals surface area contributed by atoms with Crippen molar-refractivity contribution < 1.29 is 4.39 Å². The zero-order valence-electron chi connectivity index (χ0n) is 9.61. The third-order valence-corrected chi connectivity index (χ3v) is 3.20. The molecule has 0 aliphatic heterocycles. The number of H-pyrrole nitrogens is 1. The number of nitrogens with one attached hydrogen (secondary N) is 1. The highest BCUT2D eigenvalue weighted by Gasteiger charge is 2.03. The van der Waals surface area contributed by atoms with Gasteiger partial charge in [-0.1, -0.05) is 30.8 Å². The van der Waals surface area contributed by atoms with Gasteiger partial charge >= 0.3 is 0 Å².